The molecule has 0 aliphatic carbocycles. The molecule has 19 heavy (non-hydrogen) atoms. The number of hydrogen-bond donors (Lipinski definition) is 1. The van der Waals surface area contributed by atoms with E-state index in [4.69, 9.17) is 4.74 Å². The minimum atomic E-state index is -3.48. The third-order valence-electron chi connectivity index (χ3n) is 3.06. The molecule has 2 amide bonds. The smallest absolute Gasteiger partial charge is 0.410 e. The zero-order valence-corrected chi connectivity index (χ0v) is 12.0. The molecule has 2 aliphatic heterocycles. The predicted octanol–water partition coefficient (Wildman–Crippen LogP) is -0.481. The van der Waals surface area contributed by atoms with E-state index < -0.39 is 44.5 Å². The quantitative estimate of drug-likeness (QED) is 0.650. The Hall–Kier alpha value is -1.31. The molecule has 0 spiro atoms. The number of carbonyl (C=O) groups excluding carboxylic acids is 2. The van der Waals surface area contributed by atoms with Gasteiger partial charge in [0.1, 0.15) is 16.6 Å². The molecule has 2 atom stereocenters. The number of fused-ring (bicyclic) bond motifs is 1. The second-order valence-corrected chi connectivity index (χ2v) is 8.12. The summed E-state index contributed by atoms with van der Waals surface area (Å²) in [6.45, 7) is 5.47. The summed E-state index contributed by atoms with van der Waals surface area (Å²) in [7, 11) is -3.48. The molecule has 0 saturated carbocycles. The fraction of sp³-hybridized carbons (Fsp3) is 0.818. The molecular formula is C11H18N2O5S. The number of amides is 2. The molecule has 2 heterocycles. The first-order valence-corrected chi connectivity index (χ1v) is 7.79. The third kappa shape index (κ3) is 2.99. The van der Waals surface area contributed by atoms with E-state index >= 15 is 0 Å². The van der Waals surface area contributed by atoms with Crippen LogP contribution in [0.4, 0.5) is 4.79 Å². The first kappa shape index (κ1) is 14.1. The molecule has 7 nitrogen and oxygen atoms in total. The molecule has 0 aromatic carbocycles. The van der Waals surface area contributed by atoms with Gasteiger partial charge in [-0.15, -0.1) is 0 Å². The van der Waals surface area contributed by atoms with Gasteiger partial charge >= 0.3 is 6.09 Å². The molecular weight excluding hydrogens is 272 g/mol. The summed E-state index contributed by atoms with van der Waals surface area (Å²) in [5.74, 6) is -1.01. The second kappa shape index (κ2) is 4.36. The molecule has 108 valence electrons. The van der Waals surface area contributed by atoms with Gasteiger partial charge in [-0.25, -0.2) is 13.2 Å². The van der Waals surface area contributed by atoms with E-state index in [0.29, 0.717) is 0 Å². The largest absolute Gasteiger partial charge is 0.444 e. The van der Waals surface area contributed by atoms with Crippen LogP contribution in [-0.4, -0.2) is 61.1 Å². The molecule has 0 aromatic rings. The van der Waals surface area contributed by atoms with Crippen molar-refractivity contribution in [1.29, 1.82) is 0 Å². The minimum Gasteiger partial charge on any atom is -0.444 e. The number of ether oxygens (including phenoxy) is 1. The summed E-state index contributed by atoms with van der Waals surface area (Å²) in [6.07, 6.45) is -0.550. The standard InChI is InChI=1S/C11H18N2O5S/c1-11(2,3)18-10(15)13-4-7-8(5-13)19(16,17)6-9(14)12-7/h7-8H,4-6H2,1-3H3,(H,12,14)/t7-,8-/m0/s1. The molecule has 1 N–H and O–H groups in total. The third-order valence-corrected chi connectivity index (χ3v) is 5.12. The van der Waals surface area contributed by atoms with Gasteiger partial charge in [0.2, 0.25) is 5.91 Å². The fourth-order valence-corrected chi connectivity index (χ4v) is 4.01. The lowest BCUT2D eigenvalue weighted by Crippen LogP contribution is -2.54. The molecule has 2 rings (SSSR count). The molecule has 8 heteroatoms. The number of nitrogens with zero attached hydrogens (tertiary/aromatic N) is 1. The average Bonchev–Trinajstić information content (AvgIpc) is 2.57. The van der Waals surface area contributed by atoms with Crippen LogP contribution in [0.1, 0.15) is 20.8 Å². The van der Waals surface area contributed by atoms with E-state index in [1.165, 1.54) is 4.90 Å². The zero-order valence-electron chi connectivity index (χ0n) is 11.2. The van der Waals surface area contributed by atoms with Crippen molar-refractivity contribution in [2.75, 3.05) is 18.8 Å². The Bertz CT molecular complexity index is 508. The molecule has 2 fully saturated rings. The van der Waals surface area contributed by atoms with Gasteiger partial charge in [-0.05, 0) is 20.8 Å². The Morgan fingerprint density at radius 1 is 1.37 bits per heavy atom. The van der Waals surface area contributed by atoms with Gasteiger partial charge in [-0.1, -0.05) is 0 Å². The topological polar surface area (TPSA) is 92.8 Å². The van der Waals surface area contributed by atoms with Crippen LogP contribution in [0.3, 0.4) is 0 Å². The Kier molecular flexibility index (Phi) is 3.24. The molecule has 0 unspecified atom stereocenters. The Labute approximate surface area is 112 Å². The van der Waals surface area contributed by atoms with Gasteiger partial charge in [0.25, 0.3) is 0 Å². The van der Waals surface area contributed by atoms with E-state index in [2.05, 4.69) is 5.32 Å². The molecule has 0 aromatic heterocycles. The fourth-order valence-electron chi connectivity index (χ4n) is 2.29. The SMILES string of the molecule is CC(C)(C)OC(=O)N1C[C@@H]2NC(=O)CS(=O)(=O)[C@H]2C1. The van der Waals surface area contributed by atoms with Gasteiger partial charge in [0.15, 0.2) is 9.84 Å². The van der Waals surface area contributed by atoms with Crippen molar-refractivity contribution in [2.24, 2.45) is 0 Å². The number of likely N-dealkylation sites (tertiary alicyclic amines) is 1. The highest BCUT2D eigenvalue weighted by Gasteiger charge is 2.48. The van der Waals surface area contributed by atoms with Crippen LogP contribution in [0, 0.1) is 0 Å². The average molecular weight is 290 g/mol. The van der Waals surface area contributed by atoms with Crippen LogP contribution >= 0.6 is 0 Å². The van der Waals surface area contributed by atoms with Gasteiger partial charge in [0.05, 0.1) is 6.04 Å². The number of carbonyl (C=O) groups is 2. The molecule has 0 bridgehead atoms. The van der Waals surface area contributed by atoms with Crippen molar-refractivity contribution >= 4 is 21.8 Å². The van der Waals surface area contributed by atoms with Crippen LogP contribution in [0.25, 0.3) is 0 Å². The number of hydrogen-bond acceptors (Lipinski definition) is 5. The first-order valence-electron chi connectivity index (χ1n) is 6.07. The number of nitrogens with one attached hydrogen (secondary N) is 1. The van der Waals surface area contributed by atoms with Gasteiger partial charge < -0.3 is 15.0 Å². The molecule has 0 radical (unpaired) electrons. The highest BCUT2D eigenvalue weighted by molar-refractivity contribution is 7.92. The minimum absolute atomic E-state index is 0.0716. The number of sulfone groups is 1. The van der Waals surface area contributed by atoms with E-state index in [-0.39, 0.29) is 13.1 Å². The van der Waals surface area contributed by atoms with Crippen LogP contribution < -0.4 is 5.32 Å². The summed E-state index contributed by atoms with van der Waals surface area (Å²) in [5, 5.41) is 1.89. The molecule has 2 aliphatic rings. The van der Waals surface area contributed by atoms with E-state index in [9.17, 15) is 18.0 Å². The van der Waals surface area contributed by atoms with Crippen LogP contribution in [-0.2, 0) is 19.4 Å². The van der Waals surface area contributed by atoms with Crippen molar-refractivity contribution in [3.8, 4) is 0 Å². The van der Waals surface area contributed by atoms with E-state index in [1.54, 1.807) is 20.8 Å². The number of rotatable bonds is 0. The maximum Gasteiger partial charge on any atom is 0.410 e. The summed E-state index contributed by atoms with van der Waals surface area (Å²) in [4.78, 5) is 24.5. The van der Waals surface area contributed by atoms with Crippen molar-refractivity contribution in [3.63, 3.8) is 0 Å². The first-order chi connectivity index (χ1) is 8.58. The highest BCUT2D eigenvalue weighted by atomic mass is 32.2. The van der Waals surface area contributed by atoms with Gasteiger partial charge in [-0.3, -0.25) is 4.79 Å². The second-order valence-electron chi connectivity index (χ2n) is 5.90. The van der Waals surface area contributed by atoms with Crippen LogP contribution in [0.2, 0.25) is 0 Å². The lowest BCUT2D eigenvalue weighted by Gasteiger charge is -2.24. The normalized spacial score (nSPS) is 29.6. The van der Waals surface area contributed by atoms with E-state index in [0.717, 1.165) is 0 Å². The maximum atomic E-state index is 11.9. The maximum absolute atomic E-state index is 11.9. The predicted molar refractivity (Wildman–Crippen MR) is 67.3 cm³/mol. The van der Waals surface area contributed by atoms with Crippen molar-refractivity contribution in [1.82, 2.24) is 10.2 Å². The lowest BCUT2D eigenvalue weighted by atomic mass is 10.2. The zero-order chi connectivity index (χ0) is 14.4. The molecule has 2 saturated heterocycles. The van der Waals surface area contributed by atoms with E-state index in [1.807, 2.05) is 0 Å². The van der Waals surface area contributed by atoms with Crippen LogP contribution in [0.15, 0.2) is 0 Å². The summed E-state index contributed by atoms with van der Waals surface area (Å²) in [6, 6.07) is -0.529. The Balaban J connectivity index is 2.11. The van der Waals surface area contributed by atoms with Crippen molar-refractivity contribution in [3.05, 3.63) is 0 Å². The summed E-state index contributed by atoms with van der Waals surface area (Å²) in [5.41, 5.74) is -0.632. The Morgan fingerprint density at radius 2 is 2.00 bits per heavy atom. The Morgan fingerprint density at radius 3 is 2.58 bits per heavy atom. The van der Waals surface area contributed by atoms with Crippen LogP contribution in [0.5, 0.6) is 0 Å². The van der Waals surface area contributed by atoms with Gasteiger partial charge in [0, 0.05) is 13.1 Å². The lowest BCUT2D eigenvalue weighted by molar-refractivity contribution is -0.119. The summed E-state index contributed by atoms with van der Waals surface area (Å²) >= 11 is 0. The van der Waals surface area contributed by atoms with Crippen molar-refractivity contribution < 1.29 is 22.7 Å². The van der Waals surface area contributed by atoms with Gasteiger partial charge in [-0.2, -0.15) is 0 Å². The summed E-state index contributed by atoms with van der Waals surface area (Å²) < 4.78 is 29.0. The monoisotopic (exact) mass is 290 g/mol. The van der Waals surface area contributed by atoms with Crippen molar-refractivity contribution in [2.45, 2.75) is 37.7 Å². The highest BCUT2D eigenvalue weighted by Crippen LogP contribution is 2.23.